The zero-order valence-electron chi connectivity index (χ0n) is 8.78. The van der Waals surface area contributed by atoms with E-state index in [9.17, 15) is 43.9 Å². The summed E-state index contributed by atoms with van der Waals surface area (Å²) in [4.78, 5) is 0. The lowest BCUT2D eigenvalue weighted by atomic mass is 9.76. The van der Waals surface area contributed by atoms with E-state index in [0.29, 0.717) is 0 Å². The van der Waals surface area contributed by atoms with Gasteiger partial charge in [0.25, 0.3) is 5.92 Å². The van der Waals surface area contributed by atoms with E-state index in [1.807, 2.05) is 0 Å². The van der Waals surface area contributed by atoms with Crippen LogP contribution in [0.25, 0.3) is 0 Å². The minimum Gasteiger partial charge on any atom is -0.206 e. The molecule has 0 heterocycles. The SMILES string of the molecule is CC(F)(F)C1(C)C(F)(F)C(F)(F)C(F)(F)C1(F)F. The molecule has 0 aromatic carbocycles. The molecular formula is C8H6F10. The lowest BCUT2D eigenvalue weighted by Gasteiger charge is -2.39. The molecule has 0 bridgehead atoms. The molecule has 1 rings (SSSR count). The van der Waals surface area contributed by atoms with Crippen molar-refractivity contribution in [2.45, 2.75) is 43.5 Å². The molecule has 0 atom stereocenters. The average molecular weight is 292 g/mol. The number of alkyl halides is 10. The first-order valence-electron chi connectivity index (χ1n) is 4.39. The molecule has 0 aromatic heterocycles. The molecule has 0 aromatic rings. The maximum atomic E-state index is 13.1. The Labute approximate surface area is 93.9 Å². The third kappa shape index (κ3) is 1.10. The average Bonchev–Trinajstić information content (AvgIpc) is 2.16. The molecule has 1 aliphatic rings. The minimum absolute atomic E-state index is 0.535. The second-order valence-electron chi connectivity index (χ2n) is 4.31. The van der Waals surface area contributed by atoms with E-state index in [4.69, 9.17) is 0 Å². The van der Waals surface area contributed by atoms with Crippen LogP contribution in [-0.2, 0) is 0 Å². The van der Waals surface area contributed by atoms with Crippen LogP contribution >= 0.6 is 0 Å². The van der Waals surface area contributed by atoms with Gasteiger partial charge in [-0.3, -0.25) is 0 Å². The monoisotopic (exact) mass is 292 g/mol. The molecule has 0 spiro atoms. The molecule has 0 nitrogen and oxygen atoms in total. The summed E-state index contributed by atoms with van der Waals surface area (Å²) in [7, 11) is 0. The van der Waals surface area contributed by atoms with Crippen molar-refractivity contribution in [3.8, 4) is 0 Å². The normalized spacial score (nSPS) is 31.3. The van der Waals surface area contributed by atoms with Gasteiger partial charge in [0.05, 0.1) is 0 Å². The Hall–Kier alpha value is -0.700. The third-order valence-electron chi connectivity index (χ3n) is 3.32. The number of hydrogen-bond acceptors (Lipinski definition) is 0. The molecule has 1 aliphatic carbocycles. The van der Waals surface area contributed by atoms with Crippen LogP contribution in [0.4, 0.5) is 43.9 Å². The molecule has 0 saturated heterocycles. The third-order valence-corrected chi connectivity index (χ3v) is 3.32. The van der Waals surface area contributed by atoms with Crippen molar-refractivity contribution in [3.05, 3.63) is 0 Å². The van der Waals surface area contributed by atoms with E-state index in [1.54, 1.807) is 0 Å². The Morgan fingerprint density at radius 1 is 0.611 bits per heavy atom. The summed E-state index contributed by atoms with van der Waals surface area (Å²) in [6.45, 7) is -1.21. The quantitative estimate of drug-likeness (QED) is 0.635. The lowest BCUT2D eigenvalue weighted by molar-refractivity contribution is -0.307. The Kier molecular flexibility index (Phi) is 2.61. The molecule has 0 unspecified atom stereocenters. The highest BCUT2D eigenvalue weighted by atomic mass is 19.4. The van der Waals surface area contributed by atoms with Crippen LogP contribution in [0.2, 0.25) is 0 Å². The van der Waals surface area contributed by atoms with Crippen LogP contribution in [0.15, 0.2) is 0 Å². The highest BCUT2D eigenvalue weighted by molar-refractivity contribution is 5.26. The molecule has 1 saturated carbocycles. The van der Waals surface area contributed by atoms with Crippen molar-refractivity contribution in [1.82, 2.24) is 0 Å². The van der Waals surface area contributed by atoms with Gasteiger partial charge >= 0.3 is 23.7 Å². The molecule has 0 radical (unpaired) electrons. The Balaban J connectivity index is 3.75. The van der Waals surface area contributed by atoms with Crippen molar-refractivity contribution in [1.29, 1.82) is 0 Å². The standard InChI is InChI=1S/C8H6F10/c1-3(4(2,9)10)5(11,12)7(15,16)8(17,18)6(3,13)14/h1-2H3. The van der Waals surface area contributed by atoms with Crippen molar-refractivity contribution < 1.29 is 43.9 Å². The zero-order valence-corrected chi connectivity index (χ0v) is 8.78. The fraction of sp³-hybridized carbons (Fsp3) is 1.00. The Morgan fingerprint density at radius 2 is 0.833 bits per heavy atom. The first kappa shape index (κ1) is 15.4. The van der Waals surface area contributed by atoms with Crippen LogP contribution in [0.3, 0.4) is 0 Å². The molecule has 108 valence electrons. The summed E-state index contributed by atoms with van der Waals surface area (Å²) in [5, 5.41) is 0. The van der Waals surface area contributed by atoms with Crippen LogP contribution < -0.4 is 0 Å². The van der Waals surface area contributed by atoms with Crippen molar-refractivity contribution in [3.63, 3.8) is 0 Å². The molecular weight excluding hydrogens is 286 g/mol. The maximum absolute atomic E-state index is 13.1. The minimum atomic E-state index is -6.59. The summed E-state index contributed by atoms with van der Waals surface area (Å²) in [6, 6.07) is 0. The fourth-order valence-corrected chi connectivity index (χ4v) is 1.77. The second kappa shape index (κ2) is 3.06. The molecule has 18 heavy (non-hydrogen) atoms. The van der Waals surface area contributed by atoms with Gasteiger partial charge in [0, 0.05) is 6.92 Å². The van der Waals surface area contributed by atoms with Gasteiger partial charge in [-0.1, -0.05) is 0 Å². The maximum Gasteiger partial charge on any atom is 0.379 e. The summed E-state index contributed by atoms with van der Waals surface area (Å²) in [5.74, 6) is -30.9. The van der Waals surface area contributed by atoms with Crippen LogP contribution in [0.1, 0.15) is 13.8 Å². The van der Waals surface area contributed by atoms with Gasteiger partial charge in [0.1, 0.15) is 0 Å². The molecule has 1 fully saturated rings. The van der Waals surface area contributed by atoms with Crippen molar-refractivity contribution in [2.75, 3.05) is 0 Å². The van der Waals surface area contributed by atoms with Crippen LogP contribution in [-0.4, -0.2) is 29.6 Å². The van der Waals surface area contributed by atoms with Crippen LogP contribution in [0, 0.1) is 5.41 Å². The van der Waals surface area contributed by atoms with Gasteiger partial charge in [0.15, 0.2) is 5.41 Å². The van der Waals surface area contributed by atoms with E-state index in [1.165, 1.54) is 0 Å². The van der Waals surface area contributed by atoms with Gasteiger partial charge < -0.3 is 0 Å². The Morgan fingerprint density at radius 3 is 0.944 bits per heavy atom. The predicted molar refractivity (Wildman–Crippen MR) is 38.5 cm³/mol. The van der Waals surface area contributed by atoms with Crippen molar-refractivity contribution in [2.24, 2.45) is 5.41 Å². The smallest absolute Gasteiger partial charge is 0.206 e. The van der Waals surface area contributed by atoms with E-state index >= 15 is 0 Å². The Bertz CT molecular complexity index is 337. The summed E-state index contributed by atoms with van der Waals surface area (Å²) in [5.41, 5.74) is -5.21. The summed E-state index contributed by atoms with van der Waals surface area (Å²) < 4.78 is 129. The summed E-state index contributed by atoms with van der Waals surface area (Å²) in [6.07, 6.45) is 0. The van der Waals surface area contributed by atoms with Gasteiger partial charge in [0.2, 0.25) is 0 Å². The van der Waals surface area contributed by atoms with Crippen molar-refractivity contribution >= 4 is 0 Å². The van der Waals surface area contributed by atoms with Gasteiger partial charge in [-0.05, 0) is 6.92 Å². The number of hydrogen-bond donors (Lipinski definition) is 0. The molecule has 0 N–H and O–H groups in total. The van der Waals surface area contributed by atoms with Gasteiger partial charge in [-0.2, -0.15) is 35.1 Å². The van der Waals surface area contributed by atoms with Crippen LogP contribution in [0.5, 0.6) is 0 Å². The molecule has 0 amide bonds. The first-order valence-corrected chi connectivity index (χ1v) is 4.39. The van der Waals surface area contributed by atoms with E-state index in [2.05, 4.69) is 0 Å². The zero-order chi connectivity index (χ0) is 15.0. The topological polar surface area (TPSA) is 0 Å². The molecule has 0 aliphatic heterocycles. The largest absolute Gasteiger partial charge is 0.379 e. The second-order valence-corrected chi connectivity index (χ2v) is 4.31. The number of rotatable bonds is 1. The van der Waals surface area contributed by atoms with Gasteiger partial charge in [-0.15, -0.1) is 0 Å². The van der Waals surface area contributed by atoms with E-state index < -0.39 is 48.9 Å². The lowest BCUT2D eigenvalue weighted by Crippen LogP contribution is -2.59. The van der Waals surface area contributed by atoms with E-state index in [-0.39, 0.29) is 0 Å². The highest BCUT2D eigenvalue weighted by Crippen LogP contribution is 2.74. The highest BCUT2D eigenvalue weighted by Gasteiger charge is 3.01. The summed E-state index contributed by atoms with van der Waals surface area (Å²) >= 11 is 0. The van der Waals surface area contributed by atoms with Gasteiger partial charge in [-0.25, -0.2) is 8.78 Å². The fourth-order valence-electron chi connectivity index (χ4n) is 1.77. The van der Waals surface area contributed by atoms with E-state index in [0.717, 1.165) is 0 Å². The predicted octanol–water partition coefficient (Wildman–Crippen LogP) is 4.20. The number of halogens is 10. The first-order chi connectivity index (χ1) is 7.50. The molecule has 10 heteroatoms.